The van der Waals surface area contributed by atoms with E-state index < -0.39 is 0 Å². The van der Waals surface area contributed by atoms with E-state index in [2.05, 4.69) is 35.3 Å². The van der Waals surface area contributed by atoms with Crippen LogP contribution < -0.4 is 5.32 Å². The van der Waals surface area contributed by atoms with E-state index in [4.69, 9.17) is 0 Å². The van der Waals surface area contributed by atoms with Crippen molar-refractivity contribution in [3.05, 3.63) is 16.1 Å². The number of nitrogens with zero attached hydrogens (tertiary/aromatic N) is 2. The van der Waals surface area contributed by atoms with E-state index in [-0.39, 0.29) is 5.91 Å². The molecule has 2 heterocycles. The lowest BCUT2D eigenvalue weighted by atomic mass is 9.92. The molecule has 0 radical (unpaired) electrons. The smallest absolute Gasteiger partial charge is 0.220 e. The van der Waals surface area contributed by atoms with Gasteiger partial charge in [0.05, 0.1) is 12.2 Å². The van der Waals surface area contributed by atoms with Crippen LogP contribution in [0.1, 0.15) is 43.8 Å². The van der Waals surface area contributed by atoms with Crippen molar-refractivity contribution in [2.75, 3.05) is 19.3 Å². The van der Waals surface area contributed by atoms with Gasteiger partial charge in [0, 0.05) is 23.6 Å². The zero-order valence-electron chi connectivity index (χ0n) is 13.8. The maximum Gasteiger partial charge on any atom is 0.220 e. The number of rotatable bonds is 7. The predicted octanol–water partition coefficient (Wildman–Crippen LogP) is 3.13. The second-order valence-corrected chi connectivity index (χ2v) is 8.03. The first-order chi connectivity index (χ1) is 10.6. The number of nitrogens with one attached hydrogen (secondary N) is 1. The number of thiazole rings is 1. The molecule has 1 amide bonds. The highest BCUT2D eigenvalue weighted by Gasteiger charge is 2.22. The summed E-state index contributed by atoms with van der Waals surface area (Å²) in [6.07, 6.45) is 5.02. The first-order valence-corrected chi connectivity index (χ1v) is 10.3. The van der Waals surface area contributed by atoms with E-state index in [0.29, 0.717) is 24.9 Å². The quantitative estimate of drug-likeness (QED) is 0.827. The first-order valence-electron chi connectivity index (χ1n) is 8.01. The molecule has 0 saturated carbocycles. The van der Waals surface area contributed by atoms with Gasteiger partial charge in [-0.15, -0.1) is 11.3 Å². The van der Waals surface area contributed by atoms with Crippen LogP contribution in [-0.2, 0) is 17.1 Å². The summed E-state index contributed by atoms with van der Waals surface area (Å²) in [5, 5.41) is 6.21. The van der Waals surface area contributed by atoms with Crippen molar-refractivity contribution < 1.29 is 4.79 Å². The van der Waals surface area contributed by atoms with Gasteiger partial charge in [-0.05, 0) is 52.0 Å². The van der Waals surface area contributed by atoms with Gasteiger partial charge in [0.25, 0.3) is 0 Å². The largest absolute Gasteiger partial charge is 0.350 e. The summed E-state index contributed by atoms with van der Waals surface area (Å²) in [6.45, 7) is 7.30. The van der Waals surface area contributed by atoms with E-state index in [0.717, 1.165) is 42.4 Å². The number of hydrogen-bond donors (Lipinski definition) is 1. The molecule has 1 aliphatic heterocycles. The van der Waals surface area contributed by atoms with Crippen molar-refractivity contribution in [3.8, 4) is 0 Å². The second kappa shape index (κ2) is 8.89. The van der Waals surface area contributed by atoms with Crippen molar-refractivity contribution in [3.63, 3.8) is 0 Å². The Bertz CT molecular complexity index is 468. The van der Waals surface area contributed by atoms with Crippen LogP contribution in [0.5, 0.6) is 0 Å². The Morgan fingerprint density at radius 1 is 1.50 bits per heavy atom. The summed E-state index contributed by atoms with van der Waals surface area (Å²) in [5.41, 5.74) is 0.983. The van der Waals surface area contributed by atoms with Gasteiger partial charge in [0.2, 0.25) is 5.91 Å². The molecule has 22 heavy (non-hydrogen) atoms. The summed E-state index contributed by atoms with van der Waals surface area (Å²) in [4.78, 5) is 19.1. The average molecular weight is 342 g/mol. The number of likely N-dealkylation sites (tertiary alicyclic amines) is 1. The lowest BCUT2D eigenvalue weighted by molar-refractivity contribution is -0.122. The molecule has 0 bridgehead atoms. The fourth-order valence-corrected chi connectivity index (χ4v) is 4.33. The van der Waals surface area contributed by atoms with Gasteiger partial charge in [0.15, 0.2) is 0 Å². The number of aromatic nitrogens is 1. The molecular weight excluding hydrogens is 314 g/mol. The third-order valence-electron chi connectivity index (χ3n) is 4.19. The molecule has 1 aromatic heterocycles. The topological polar surface area (TPSA) is 45.2 Å². The van der Waals surface area contributed by atoms with Gasteiger partial charge >= 0.3 is 0 Å². The van der Waals surface area contributed by atoms with Crippen LogP contribution >= 0.6 is 23.1 Å². The van der Waals surface area contributed by atoms with E-state index in [1.807, 2.05) is 5.38 Å². The zero-order chi connectivity index (χ0) is 15.9. The summed E-state index contributed by atoms with van der Waals surface area (Å²) in [5.74, 6) is 1.66. The zero-order valence-corrected chi connectivity index (χ0v) is 15.4. The van der Waals surface area contributed by atoms with Crippen LogP contribution in [0.25, 0.3) is 0 Å². The van der Waals surface area contributed by atoms with Gasteiger partial charge < -0.3 is 10.2 Å². The molecule has 0 atom stereocenters. The molecule has 1 fully saturated rings. The summed E-state index contributed by atoms with van der Waals surface area (Å²) in [6, 6.07) is 0.620. The lowest BCUT2D eigenvalue weighted by Gasteiger charge is -2.34. The average Bonchev–Trinajstić information content (AvgIpc) is 2.94. The van der Waals surface area contributed by atoms with Gasteiger partial charge in [-0.2, -0.15) is 11.8 Å². The summed E-state index contributed by atoms with van der Waals surface area (Å²) >= 11 is 3.45. The van der Waals surface area contributed by atoms with Gasteiger partial charge in [0.1, 0.15) is 5.01 Å². The normalized spacial score (nSPS) is 17.1. The molecule has 1 saturated heterocycles. The molecule has 1 aliphatic rings. The number of amides is 1. The van der Waals surface area contributed by atoms with E-state index in [9.17, 15) is 4.79 Å². The van der Waals surface area contributed by atoms with Crippen LogP contribution in [0.3, 0.4) is 0 Å². The molecule has 0 aromatic carbocycles. The van der Waals surface area contributed by atoms with Crippen LogP contribution in [0, 0.1) is 5.92 Å². The predicted molar refractivity (Wildman–Crippen MR) is 95.2 cm³/mol. The third-order valence-corrected chi connectivity index (χ3v) is 5.83. The SMILES string of the molecule is CSCc1nc(CNC(=O)CC2CCN(C(C)C)CC2)cs1. The van der Waals surface area contributed by atoms with Crippen molar-refractivity contribution in [2.24, 2.45) is 5.92 Å². The Balaban J connectivity index is 1.67. The Morgan fingerprint density at radius 2 is 2.23 bits per heavy atom. The second-order valence-electron chi connectivity index (χ2n) is 6.22. The molecule has 6 heteroatoms. The standard InChI is InChI=1S/C16H27N3OS2/c1-12(2)19-6-4-13(5-7-19)8-15(20)17-9-14-10-22-16(18-14)11-21-3/h10,12-13H,4-9,11H2,1-3H3,(H,17,20). The van der Waals surface area contributed by atoms with E-state index in [1.165, 1.54) is 0 Å². The molecule has 2 rings (SSSR count). The number of thioether (sulfide) groups is 1. The maximum atomic E-state index is 12.1. The molecule has 1 N–H and O–H groups in total. The van der Waals surface area contributed by atoms with Crippen LogP contribution in [0.4, 0.5) is 0 Å². The third kappa shape index (κ3) is 5.56. The number of hydrogen-bond acceptors (Lipinski definition) is 5. The van der Waals surface area contributed by atoms with E-state index in [1.54, 1.807) is 23.1 Å². The lowest BCUT2D eigenvalue weighted by Crippen LogP contribution is -2.39. The Morgan fingerprint density at radius 3 is 2.86 bits per heavy atom. The fraction of sp³-hybridized carbons (Fsp3) is 0.750. The van der Waals surface area contributed by atoms with E-state index >= 15 is 0 Å². The Labute approximate surface area is 142 Å². The molecule has 1 aromatic rings. The molecule has 0 aliphatic carbocycles. The number of piperidine rings is 1. The van der Waals surface area contributed by atoms with Crippen molar-refractivity contribution in [1.82, 2.24) is 15.2 Å². The van der Waals surface area contributed by atoms with Crippen LogP contribution in [0.2, 0.25) is 0 Å². The maximum absolute atomic E-state index is 12.1. The van der Waals surface area contributed by atoms with Crippen molar-refractivity contribution in [1.29, 1.82) is 0 Å². The Kier molecular flexibility index (Phi) is 7.18. The minimum absolute atomic E-state index is 0.169. The van der Waals surface area contributed by atoms with Crippen molar-refractivity contribution in [2.45, 2.75) is 51.4 Å². The molecule has 124 valence electrons. The highest BCUT2D eigenvalue weighted by Crippen LogP contribution is 2.22. The number of carbonyl (C=O) groups is 1. The van der Waals surface area contributed by atoms with Gasteiger partial charge in [-0.3, -0.25) is 4.79 Å². The molecular formula is C16H27N3OS2. The van der Waals surface area contributed by atoms with Crippen LogP contribution in [-0.4, -0.2) is 41.2 Å². The highest BCUT2D eigenvalue weighted by atomic mass is 32.2. The van der Waals surface area contributed by atoms with Gasteiger partial charge in [-0.25, -0.2) is 4.98 Å². The molecule has 0 unspecified atom stereocenters. The summed E-state index contributed by atoms with van der Waals surface area (Å²) < 4.78 is 0. The van der Waals surface area contributed by atoms with Crippen LogP contribution in [0.15, 0.2) is 5.38 Å². The number of carbonyl (C=O) groups excluding carboxylic acids is 1. The Hall–Kier alpha value is -0.590. The first kappa shape index (κ1) is 17.8. The van der Waals surface area contributed by atoms with Gasteiger partial charge in [-0.1, -0.05) is 0 Å². The molecule has 0 spiro atoms. The minimum Gasteiger partial charge on any atom is -0.350 e. The fourth-order valence-electron chi connectivity index (χ4n) is 2.82. The molecule has 4 nitrogen and oxygen atoms in total. The monoisotopic (exact) mass is 341 g/mol. The highest BCUT2D eigenvalue weighted by molar-refractivity contribution is 7.97. The minimum atomic E-state index is 0.169. The summed E-state index contributed by atoms with van der Waals surface area (Å²) in [7, 11) is 0. The van der Waals surface area contributed by atoms with Crippen molar-refractivity contribution >= 4 is 29.0 Å².